The number of halogens is 1. The van der Waals surface area contributed by atoms with E-state index in [-0.39, 0.29) is 29.4 Å². The van der Waals surface area contributed by atoms with Crippen LogP contribution in [0, 0.1) is 5.92 Å². The van der Waals surface area contributed by atoms with E-state index in [9.17, 15) is 0 Å². The molecule has 0 saturated carbocycles. The molecule has 154 valence electrons. The van der Waals surface area contributed by atoms with E-state index in [4.69, 9.17) is 4.99 Å². The summed E-state index contributed by atoms with van der Waals surface area (Å²) in [6.07, 6.45) is 7.04. The van der Waals surface area contributed by atoms with E-state index in [2.05, 4.69) is 84.0 Å². The fourth-order valence-corrected chi connectivity index (χ4v) is 3.77. The smallest absolute Gasteiger partial charge is 0.194 e. The highest BCUT2D eigenvalue weighted by Crippen LogP contribution is 2.28. The van der Waals surface area contributed by atoms with Gasteiger partial charge in [-0.2, -0.15) is 0 Å². The quantitative estimate of drug-likeness (QED) is 0.382. The topological polar surface area (TPSA) is 45.5 Å². The summed E-state index contributed by atoms with van der Waals surface area (Å²) in [5, 5.41) is 3.51. The lowest BCUT2D eigenvalue weighted by molar-refractivity contribution is 0.188. The summed E-state index contributed by atoms with van der Waals surface area (Å²) >= 11 is 0. The molecule has 5 nitrogen and oxygen atoms in total. The predicted octanol–water partition coefficient (Wildman–Crippen LogP) is 4.33. The fourth-order valence-electron chi connectivity index (χ4n) is 3.77. The molecular weight excluding hydrogens is 461 g/mol. The molecule has 2 heterocycles. The summed E-state index contributed by atoms with van der Waals surface area (Å²) in [4.78, 5) is 11.7. The van der Waals surface area contributed by atoms with Gasteiger partial charge in [-0.15, -0.1) is 24.0 Å². The molecule has 6 heteroatoms. The van der Waals surface area contributed by atoms with Crippen LogP contribution in [0.3, 0.4) is 0 Å². The summed E-state index contributed by atoms with van der Waals surface area (Å²) in [7, 11) is 0. The Morgan fingerprint density at radius 3 is 2.68 bits per heavy atom. The third kappa shape index (κ3) is 5.49. The number of benzene rings is 1. The van der Waals surface area contributed by atoms with Gasteiger partial charge in [0.05, 0.1) is 18.9 Å². The van der Waals surface area contributed by atoms with Crippen molar-refractivity contribution in [2.24, 2.45) is 10.9 Å². The van der Waals surface area contributed by atoms with Gasteiger partial charge in [-0.25, -0.2) is 4.98 Å². The number of imidazole rings is 1. The van der Waals surface area contributed by atoms with Gasteiger partial charge in [0, 0.05) is 37.4 Å². The maximum absolute atomic E-state index is 5.03. The molecular formula is C22H34IN5. The van der Waals surface area contributed by atoms with Gasteiger partial charge in [0.2, 0.25) is 0 Å². The van der Waals surface area contributed by atoms with Crippen LogP contribution in [0.2, 0.25) is 0 Å². The molecule has 0 radical (unpaired) electrons. The Morgan fingerprint density at radius 2 is 2.04 bits per heavy atom. The third-order valence-corrected chi connectivity index (χ3v) is 5.64. The number of likely N-dealkylation sites (tertiary alicyclic amines) is 1. The maximum Gasteiger partial charge on any atom is 0.194 e. The number of guanidine groups is 1. The van der Waals surface area contributed by atoms with E-state index in [1.165, 1.54) is 5.56 Å². The van der Waals surface area contributed by atoms with E-state index in [1.54, 1.807) is 0 Å². The number of aromatic nitrogens is 2. The van der Waals surface area contributed by atoms with Gasteiger partial charge in [0.25, 0.3) is 0 Å². The first kappa shape index (κ1) is 22.7. The van der Waals surface area contributed by atoms with Crippen LogP contribution in [-0.4, -0.2) is 46.6 Å². The van der Waals surface area contributed by atoms with Gasteiger partial charge in [-0.05, 0) is 24.8 Å². The highest BCUT2D eigenvalue weighted by atomic mass is 127. The number of rotatable bonds is 5. The van der Waals surface area contributed by atoms with E-state index >= 15 is 0 Å². The first-order chi connectivity index (χ1) is 13.0. The van der Waals surface area contributed by atoms with Crippen molar-refractivity contribution < 1.29 is 0 Å². The fraction of sp³-hybridized carbons (Fsp3) is 0.545. The first-order valence-corrected chi connectivity index (χ1v) is 10.1. The summed E-state index contributed by atoms with van der Waals surface area (Å²) in [5.41, 5.74) is 1.34. The second-order valence-electron chi connectivity index (χ2n) is 8.21. The van der Waals surface area contributed by atoms with Gasteiger partial charge in [0.15, 0.2) is 5.96 Å². The molecule has 1 fully saturated rings. The lowest BCUT2D eigenvalue weighted by Crippen LogP contribution is -2.49. The zero-order valence-corrected chi connectivity index (χ0v) is 19.8. The molecule has 1 aromatic carbocycles. The monoisotopic (exact) mass is 495 g/mol. The average molecular weight is 495 g/mol. The minimum absolute atomic E-state index is 0. The van der Waals surface area contributed by atoms with Crippen LogP contribution in [0.4, 0.5) is 0 Å². The van der Waals surface area contributed by atoms with Crippen LogP contribution in [0.5, 0.6) is 0 Å². The molecule has 1 aliphatic heterocycles. The van der Waals surface area contributed by atoms with E-state index in [0.717, 1.165) is 38.6 Å². The molecule has 2 unspecified atom stereocenters. The van der Waals surface area contributed by atoms with Crippen molar-refractivity contribution in [1.29, 1.82) is 0 Å². The van der Waals surface area contributed by atoms with Crippen LogP contribution in [0.15, 0.2) is 54.0 Å². The van der Waals surface area contributed by atoms with E-state index in [0.29, 0.717) is 12.0 Å². The Bertz CT molecular complexity index is 727. The van der Waals surface area contributed by atoms with Crippen molar-refractivity contribution >= 4 is 29.9 Å². The Kier molecular flexibility index (Phi) is 8.34. The highest BCUT2D eigenvalue weighted by Gasteiger charge is 2.29. The second-order valence-corrected chi connectivity index (χ2v) is 8.21. The number of aliphatic imine (C=N–C) groups is 1. The molecule has 0 aliphatic carbocycles. The molecule has 0 amide bonds. The number of hydrogen-bond acceptors (Lipinski definition) is 2. The molecule has 1 aliphatic rings. The van der Waals surface area contributed by atoms with Crippen molar-refractivity contribution in [1.82, 2.24) is 19.8 Å². The van der Waals surface area contributed by atoms with Crippen molar-refractivity contribution in [3.63, 3.8) is 0 Å². The summed E-state index contributed by atoms with van der Waals surface area (Å²) in [6.45, 7) is 12.7. The normalized spacial score (nSPS) is 20.6. The van der Waals surface area contributed by atoms with Gasteiger partial charge in [-0.3, -0.25) is 4.99 Å². The van der Waals surface area contributed by atoms with E-state index < -0.39 is 0 Å². The van der Waals surface area contributed by atoms with Gasteiger partial charge >= 0.3 is 0 Å². The van der Waals surface area contributed by atoms with Crippen molar-refractivity contribution in [2.75, 3.05) is 26.2 Å². The largest absolute Gasteiger partial charge is 0.357 e. The lowest BCUT2D eigenvalue weighted by Gasteiger charge is -2.39. The van der Waals surface area contributed by atoms with Crippen LogP contribution in [-0.2, 0) is 5.41 Å². The minimum Gasteiger partial charge on any atom is -0.357 e. The Balaban J connectivity index is 0.00000280. The highest BCUT2D eigenvalue weighted by molar-refractivity contribution is 14.0. The van der Waals surface area contributed by atoms with Crippen LogP contribution < -0.4 is 5.32 Å². The number of hydrogen-bond donors (Lipinski definition) is 1. The summed E-state index contributed by atoms with van der Waals surface area (Å²) in [6, 6.07) is 11.1. The molecule has 3 rings (SSSR count). The molecule has 28 heavy (non-hydrogen) atoms. The Hall–Kier alpha value is -1.57. The Morgan fingerprint density at radius 1 is 1.29 bits per heavy atom. The SMILES string of the molecule is CCNC(=NCC(C)(C)c1ccccc1)N1CCC(C)C(n2ccnc2)C1.I. The lowest BCUT2D eigenvalue weighted by atomic mass is 9.85. The standard InChI is InChI=1S/C22H33N5.HI/c1-5-24-21(25-16-22(3,4)19-9-7-6-8-10-19)26-13-11-18(2)20(15-26)27-14-12-23-17-27;/h6-10,12,14,17-18,20H,5,11,13,15-16H2,1-4H3,(H,24,25);1H. The number of piperidine rings is 1. The third-order valence-electron chi connectivity index (χ3n) is 5.64. The van der Waals surface area contributed by atoms with Crippen molar-refractivity contribution in [3.05, 3.63) is 54.6 Å². The summed E-state index contributed by atoms with van der Waals surface area (Å²) in [5.74, 6) is 1.66. The van der Waals surface area contributed by atoms with Crippen LogP contribution in [0.1, 0.15) is 45.7 Å². The van der Waals surface area contributed by atoms with Gasteiger partial charge < -0.3 is 14.8 Å². The first-order valence-electron chi connectivity index (χ1n) is 10.1. The molecule has 1 N–H and O–H groups in total. The molecule has 0 spiro atoms. The second kappa shape index (κ2) is 10.3. The van der Waals surface area contributed by atoms with Gasteiger partial charge in [-0.1, -0.05) is 51.1 Å². The Labute approximate surface area is 186 Å². The molecule has 2 aromatic rings. The predicted molar refractivity (Wildman–Crippen MR) is 127 cm³/mol. The van der Waals surface area contributed by atoms with Gasteiger partial charge in [0.1, 0.15) is 0 Å². The van der Waals surface area contributed by atoms with Crippen LogP contribution in [0.25, 0.3) is 0 Å². The molecule has 1 saturated heterocycles. The molecule has 2 atom stereocenters. The maximum atomic E-state index is 5.03. The van der Waals surface area contributed by atoms with Crippen molar-refractivity contribution in [2.45, 2.75) is 45.6 Å². The van der Waals surface area contributed by atoms with E-state index in [1.807, 2.05) is 12.5 Å². The zero-order valence-electron chi connectivity index (χ0n) is 17.5. The van der Waals surface area contributed by atoms with Crippen LogP contribution >= 0.6 is 24.0 Å². The number of nitrogens with one attached hydrogen (secondary N) is 1. The molecule has 0 bridgehead atoms. The van der Waals surface area contributed by atoms with Crippen molar-refractivity contribution in [3.8, 4) is 0 Å². The minimum atomic E-state index is 0. The summed E-state index contributed by atoms with van der Waals surface area (Å²) < 4.78 is 2.24. The number of nitrogens with zero attached hydrogens (tertiary/aromatic N) is 4. The average Bonchev–Trinajstić information content (AvgIpc) is 3.21. The molecule has 1 aromatic heterocycles. The zero-order chi connectivity index (χ0) is 19.3.